The van der Waals surface area contributed by atoms with E-state index in [4.69, 9.17) is 5.73 Å². The zero-order valence-corrected chi connectivity index (χ0v) is 11.9. The summed E-state index contributed by atoms with van der Waals surface area (Å²) in [6.07, 6.45) is 0.943. The van der Waals surface area contributed by atoms with Crippen LogP contribution < -0.4 is 11.1 Å². The highest BCUT2D eigenvalue weighted by Crippen LogP contribution is 2.25. The van der Waals surface area contributed by atoms with Gasteiger partial charge in [-0.2, -0.15) is 10.4 Å². The Morgan fingerprint density at radius 2 is 2.17 bits per heavy atom. The number of nitrogens with zero attached hydrogens (tertiary/aromatic N) is 3. The van der Waals surface area contributed by atoms with E-state index in [2.05, 4.69) is 37.3 Å². The van der Waals surface area contributed by atoms with Crippen LogP contribution >= 0.6 is 0 Å². The third-order valence-corrected chi connectivity index (χ3v) is 3.06. The van der Waals surface area contributed by atoms with Gasteiger partial charge < -0.3 is 11.1 Å². The van der Waals surface area contributed by atoms with Gasteiger partial charge in [-0.15, -0.1) is 0 Å². The predicted octanol–water partition coefficient (Wildman–Crippen LogP) is 1.78. The first kappa shape index (κ1) is 14.5. The lowest BCUT2D eigenvalue weighted by atomic mass is 9.90. The highest BCUT2D eigenvalue weighted by atomic mass is 15.3. The molecule has 3 N–H and O–H groups in total. The second-order valence-electron chi connectivity index (χ2n) is 5.53. The molecule has 0 aliphatic carbocycles. The molecule has 1 aromatic rings. The first-order valence-corrected chi connectivity index (χ1v) is 6.25. The lowest BCUT2D eigenvalue weighted by Gasteiger charge is -2.32. The van der Waals surface area contributed by atoms with Gasteiger partial charge in [0.1, 0.15) is 17.5 Å². The number of rotatable bonds is 5. The SMILES string of the molecule is Cc1nn(C)c(NC(C)(CN)CC(C)C)c1C#N. The van der Waals surface area contributed by atoms with E-state index in [1.807, 2.05) is 14.0 Å². The van der Waals surface area contributed by atoms with E-state index < -0.39 is 0 Å². The number of anilines is 1. The summed E-state index contributed by atoms with van der Waals surface area (Å²) in [6, 6.07) is 2.20. The van der Waals surface area contributed by atoms with Crippen LogP contribution in [0.3, 0.4) is 0 Å². The molecular formula is C13H23N5. The van der Waals surface area contributed by atoms with E-state index in [9.17, 15) is 5.26 Å². The summed E-state index contributed by atoms with van der Waals surface area (Å²) >= 11 is 0. The molecule has 0 aliphatic rings. The molecule has 0 aliphatic heterocycles. The molecule has 0 radical (unpaired) electrons. The molecule has 0 fully saturated rings. The Balaban J connectivity index is 3.06. The lowest BCUT2D eigenvalue weighted by molar-refractivity contribution is 0.404. The Bertz CT molecular complexity index is 455. The van der Waals surface area contributed by atoms with Crippen molar-refractivity contribution in [3.8, 4) is 6.07 Å². The highest BCUT2D eigenvalue weighted by Gasteiger charge is 2.26. The average molecular weight is 249 g/mol. The summed E-state index contributed by atoms with van der Waals surface area (Å²) in [6.45, 7) is 8.76. The normalized spacial score (nSPS) is 14.3. The summed E-state index contributed by atoms with van der Waals surface area (Å²) in [5, 5.41) is 16.9. The Kier molecular flexibility index (Phi) is 4.36. The first-order valence-electron chi connectivity index (χ1n) is 6.25. The largest absolute Gasteiger partial charge is 0.363 e. The summed E-state index contributed by atoms with van der Waals surface area (Å²) in [5.74, 6) is 1.29. The van der Waals surface area contributed by atoms with Gasteiger partial charge in [-0.25, -0.2) is 0 Å². The monoisotopic (exact) mass is 249 g/mol. The molecule has 0 amide bonds. The van der Waals surface area contributed by atoms with Gasteiger partial charge in [0.25, 0.3) is 0 Å². The van der Waals surface area contributed by atoms with Crippen LogP contribution in [0.2, 0.25) is 0 Å². The van der Waals surface area contributed by atoms with E-state index in [0.717, 1.165) is 17.9 Å². The average Bonchev–Trinajstić information content (AvgIpc) is 2.52. The van der Waals surface area contributed by atoms with E-state index in [0.29, 0.717) is 18.0 Å². The van der Waals surface area contributed by atoms with Gasteiger partial charge in [0.05, 0.1) is 5.69 Å². The fraction of sp³-hybridized carbons (Fsp3) is 0.692. The molecular weight excluding hydrogens is 226 g/mol. The molecule has 1 unspecified atom stereocenters. The molecule has 0 saturated heterocycles. The number of aromatic nitrogens is 2. The summed E-state index contributed by atoms with van der Waals surface area (Å²) in [4.78, 5) is 0. The molecule has 1 atom stereocenters. The van der Waals surface area contributed by atoms with Gasteiger partial charge in [-0.05, 0) is 26.2 Å². The number of nitriles is 1. The van der Waals surface area contributed by atoms with Gasteiger partial charge in [0, 0.05) is 19.1 Å². The Morgan fingerprint density at radius 1 is 1.56 bits per heavy atom. The third-order valence-electron chi connectivity index (χ3n) is 3.06. The van der Waals surface area contributed by atoms with Crippen molar-refractivity contribution in [3.05, 3.63) is 11.3 Å². The van der Waals surface area contributed by atoms with Gasteiger partial charge in [-0.3, -0.25) is 4.68 Å². The van der Waals surface area contributed by atoms with Crippen molar-refractivity contribution in [3.63, 3.8) is 0 Å². The zero-order valence-electron chi connectivity index (χ0n) is 11.9. The maximum Gasteiger partial charge on any atom is 0.142 e. The number of nitrogens with one attached hydrogen (secondary N) is 1. The van der Waals surface area contributed by atoms with Crippen molar-refractivity contribution < 1.29 is 0 Å². The minimum absolute atomic E-state index is 0.222. The fourth-order valence-corrected chi connectivity index (χ4v) is 2.31. The highest BCUT2D eigenvalue weighted by molar-refractivity contribution is 5.56. The van der Waals surface area contributed by atoms with Gasteiger partial charge in [0.2, 0.25) is 0 Å². The molecule has 1 heterocycles. The number of nitrogens with two attached hydrogens (primary N) is 1. The Labute approximate surface area is 109 Å². The van der Waals surface area contributed by atoms with E-state index in [-0.39, 0.29) is 5.54 Å². The van der Waals surface area contributed by atoms with Crippen molar-refractivity contribution in [2.24, 2.45) is 18.7 Å². The quantitative estimate of drug-likeness (QED) is 0.833. The van der Waals surface area contributed by atoms with Crippen LogP contribution in [-0.2, 0) is 7.05 Å². The molecule has 0 saturated carbocycles. The molecule has 18 heavy (non-hydrogen) atoms. The van der Waals surface area contributed by atoms with Crippen molar-refractivity contribution in [2.75, 3.05) is 11.9 Å². The maximum atomic E-state index is 9.19. The molecule has 0 bridgehead atoms. The molecule has 0 spiro atoms. The molecule has 100 valence electrons. The smallest absolute Gasteiger partial charge is 0.142 e. The Morgan fingerprint density at radius 3 is 2.61 bits per heavy atom. The standard InChI is InChI=1S/C13H23N5/c1-9(2)6-13(4,8-15)16-12-11(7-14)10(3)17-18(12)5/h9,16H,6,8,15H2,1-5H3. The van der Waals surface area contributed by atoms with Crippen LogP contribution in [0.15, 0.2) is 0 Å². The minimum atomic E-state index is -0.222. The van der Waals surface area contributed by atoms with Crippen molar-refractivity contribution in [2.45, 2.75) is 39.7 Å². The Hall–Kier alpha value is -1.54. The first-order chi connectivity index (χ1) is 8.33. The topological polar surface area (TPSA) is 79.7 Å². The second-order valence-corrected chi connectivity index (χ2v) is 5.53. The third kappa shape index (κ3) is 3.02. The summed E-state index contributed by atoms with van der Waals surface area (Å²) in [7, 11) is 1.84. The summed E-state index contributed by atoms with van der Waals surface area (Å²) in [5.41, 5.74) is 6.99. The molecule has 1 aromatic heterocycles. The van der Waals surface area contributed by atoms with E-state index >= 15 is 0 Å². The molecule has 0 aromatic carbocycles. The van der Waals surface area contributed by atoms with Crippen molar-refractivity contribution >= 4 is 5.82 Å². The van der Waals surface area contributed by atoms with E-state index in [1.54, 1.807) is 4.68 Å². The molecule has 1 rings (SSSR count). The van der Waals surface area contributed by atoms with E-state index in [1.165, 1.54) is 0 Å². The van der Waals surface area contributed by atoms with Crippen LogP contribution in [0.4, 0.5) is 5.82 Å². The maximum absolute atomic E-state index is 9.19. The van der Waals surface area contributed by atoms with Crippen LogP contribution in [0, 0.1) is 24.2 Å². The van der Waals surface area contributed by atoms with Crippen LogP contribution in [0.25, 0.3) is 0 Å². The van der Waals surface area contributed by atoms with Gasteiger partial charge in [0.15, 0.2) is 0 Å². The lowest BCUT2D eigenvalue weighted by Crippen LogP contribution is -2.44. The van der Waals surface area contributed by atoms with Crippen LogP contribution in [0.1, 0.15) is 38.4 Å². The van der Waals surface area contributed by atoms with Crippen molar-refractivity contribution in [1.29, 1.82) is 5.26 Å². The van der Waals surface area contributed by atoms with Gasteiger partial charge in [-0.1, -0.05) is 13.8 Å². The van der Waals surface area contributed by atoms with Crippen molar-refractivity contribution in [1.82, 2.24) is 9.78 Å². The fourth-order valence-electron chi connectivity index (χ4n) is 2.31. The number of aryl methyl sites for hydroxylation is 2. The molecule has 5 nitrogen and oxygen atoms in total. The minimum Gasteiger partial charge on any atom is -0.363 e. The van der Waals surface area contributed by atoms with Gasteiger partial charge >= 0.3 is 0 Å². The van der Waals surface area contributed by atoms with Crippen LogP contribution in [0.5, 0.6) is 0 Å². The predicted molar refractivity (Wildman–Crippen MR) is 73.2 cm³/mol. The zero-order chi connectivity index (χ0) is 13.9. The number of hydrogen-bond acceptors (Lipinski definition) is 4. The number of hydrogen-bond donors (Lipinski definition) is 2. The molecule has 5 heteroatoms. The second kappa shape index (κ2) is 5.40. The summed E-state index contributed by atoms with van der Waals surface area (Å²) < 4.78 is 1.71. The van der Waals surface area contributed by atoms with Crippen LogP contribution in [-0.4, -0.2) is 21.9 Å².